The van der Waals surface area contributed by atoms with Gasteiger partial charge < -0.3 is 4.98 Å². The van der Waals surface area contributed by atoms with E-state index in [9.17, 15) is 9.59 Å². The van der Waals surface area contributed by atoms with Crippen LogP contribution >= 0.6 is 0 Å². The Kier molecular flexibility index (Phi) is 1.43. The molecule has 0 amide bonds. The molecule has 0 aliphatic heterocycles. The first-order valence-electron chi connectivity index (χ1n) is 3.70. The lowest BCUT2D eigenvalue weighted by atomic mass is 10.0. The maximum Gasteiger partial charge on any atom is 0.248 e. The lowest BCUT2D eigenvalue weighted by Crippen LogP contribution is -2.13. The minimum atomic E-state index is -0.173. The first-order valence-corrected chi connectivity index (χ1v) is 3.70. The Bertz CT molecular complexity index is 415. The van der Waals surface area contributed by atoms with E-state index in [1.54, 1.807) is 18.2 Å². The minimum absolute atomic E-state index is 0.0590. The summed E-state index contributed by atoms with van der Waals surface area (Å²) in [5.74, 6) is 0.0590. The molecule has 0 fully saturated rings. The summed E-state index contributed by atoms with van der Waals surface area (Å²) in [5, 5.41) is 0. The number of hydrogen-bond acceptors (Lipinski definition) is 2. The maximum atomic E-state index is 11.2. The summed E-state index contributed by atoms with van der Waals surface area (Å²) in [6.07, 6.45) is 3.94. The van der Waals surface area contributed by atoms with Crippen molar-refractivity contribution in [1.82, 2.24) is 4.98 Å². The second-order valence-electron chi connectivity index (χ2n) is 2.68. The molecule has 0 saturated heterocycles. The zero-order valence-corrected chi connectivity index (χ0v) is 6.33. The smallest absolute Gasteiger partial charge is 0.248 e. The zero-order chi connectivity index (χ0) is 8.55. The fraction of sp³-hybridized carbons (Fsp3) is 0.111. The van der Waals surface area contributed by atoms with E-state index >= 15 is 0 Å². The van der Waals surface area contributed by atoms with Crippen LogP contribution in [0.1, 0.15) is 22.5 Å². The van der Waals surface area contributed by atoms with Gasteiger partial charge in [0.25, 0.3) is 0 Å². The van der Waals surface area contributed by atoms with Crippen LogP contribution in [0.3, 0.4) is 0 Å². The lowest BCUT2D eigenvalue weighted by molar-refractivity contribution is 0.0994. The molecule has 0 unspecified atom stereocenters. The predicted octanol–water partition coefficient (Wildman–Crippen LogP) is 0.974. The van der Waals surface area contributed by atoms with Crippen molar-refractivity contribution in [2.75, 3.05) is 0 Å². The highest BCUT2D eigenvalue weighted by atomic mass is 16.1. The van der Waals surface area contributed by atoms with E-state index in [1.165, 1.54) is 6.07 Å². The summed E-state index contributed by atoms with van der Waals surface area (Å²) >= 11 is 0. The topological polar surface area (TPSA) is 49.9 Å². The number of aromatic nitrogens is 1. The van der Waals surface area contributed by atoms with Crippen LogP contribution in [0.25, 0.3) is 6.08 Å². The Morgan fingerprint density at radius 1 is 1.25 bits per heavy atom. The van der Waals surface area contributed by atoms with Crippen LogP contribution in [0.4, 0.5) is 0 Å². The molecule has 60 valence electrons. The SMILES string of the molecule is O=C1CC=Cc2[nH]c(=O)ccc21. The minimum Gasteiger partial charge on any atom is -0.322 e. The van der Waals surface area contributed by atoms with E-state index in [2.05, 4.69) is 4.98 Å². The number of ketones is 1. The standard InChI is InChI=1S/C9H7NO2/c11-8-3-1-2-7-6(8)4-5-9(12)10-7/h1-2,4-5H,3H2,(H,10,12). The van der Waals surface area contributed by atoms with Gasteiger partial charge in [0.2, 0.25) is 5.56 Å². The highest BCUT2D eigenvalue weighted by Crippen LogP contribution is 2.14. The molecule has 0 atom stereocenters. The number of H-pyrrole nitrogens is 1. The van der Waals surface area contributed by atoms with Gasteiger partial charge in [0.1, 0.15) is 0 Å². The van der Waals surface area contributed by atoms with Gasteiger partial charge in [-0.2, -0.15) is 0 Å². The highest BCUT2D eigenvalue weighted by molar-refractivity contribution is 6.01. The van der Waals surface area contributed by atoms with Gasteiger partial charge in [0, 0.05) is 18.1 Å². The number of Topliss-reactive ketones (excluding diaryl/α,β-unsaturated/α-hetero) is 1. The number of rotatable bonds is 0. The molecule has 1 aromatic rings. The van der Waals surface area contributed by atoms with E-state index in [1.807, 2.05) is 0 Å². The normalized spacial score (nSPS) is 14.5. The molecule has 1 N–H and O–H groups in total. The van der Waals surface area contributed by atoms with Crippen molar-refractivity contribution in [3.63, 3.8) is 0 Å². The number of hydrogen-bond donors (Lipinski definition) is 1. The monoisotopic (exact) mass is 161 g/mol. The molecule has 3 nitrogen and oxygen atoms in total. The molecule has 1 aliphatic rings. The summed E-state index contributed by atoms with van der Waals surface area (Å²) in [6, 6.07) is 2.94. The van der Waals surface area contributed by atoms with Crippen LogP contribution in [0, 0.1) is 0 Å². The molecule has 12 heavy (non-hydrogen) atoms. The quantitative estimate of drug-likeness (QED) is 0.616. The van der Waals surface area contributed by atoms with E-state index in [0.717, 1.165) is 0 Å². The molecule has 0 bridgehead atoms. The number of fused-ring (bicyclic) bond motifs is 1. The number of nitrogens with one attached hydrogen (secondary N) is 1. The van der Waals surface area contributed by atoms with Crippen LogP contribution < -0.4 is 5.56 Å². The van der Waals surface area contributed by atoms with Gasteiger partial charge in [-0.1, -0.05) is 6.08 Å². The van der Waals surface area contributed by atoms with Crippen molar-refractivity contribution in [3.05, 3.63) is 39.8 Å². The second kappa shape index (κ2) is 2.44. The summed E-state index contributed by atoms with van der Waals surface area (Å²) in [7, 11) is 0. The summed E-state index contributed by atoms with van der Waals surface area (Å²) < 4.78 is 0. The van der Waals surface area contributed by atoms with Crippen molar-refractivity contribution >= 4 is 11.9 Å². The lowest BCUT2D eigenvalue weighted by Gasteiger charge is -2.06. The molecular weight excluding hydrogens is 154 g/mol. The Labute approximate surface area is 68.7 Å². The van der Waals surface area contributed by atoms with Crippen LogP contribution in [-0.2, 0) is 0 Å². The van der Waals surface area contributed by atoms with Gasteiger partial charge in [-0.25, -0.2) is 0 Å². The van der Waals surface area contributed by atoms with Gasteiger partial charge >= 0.3 is 0 Å². The van der Waals surface area contributed by atoms with Crippen LogP contribution in [-0.4, -0.2) is 10.8 Å². The zero-order valence-electron chi connectivity index (χ0n) is 6.33. The summed E-state index contributed by atoms with van der Waals surface area (Å²) in [5.41, 5.74) is 1.06. The molecule has 0 saturated carbocycles. The van der Waals surface area contributed by atoms with Crippen molar-refractivity contribution in [1.29, 1.82) is 0 Å². The summed E-state index contributed by atoms with van der Waals surface area (Å²) in [6.45, 7) is 0. The molecular formula is C9H7NO2. The molecule has 1 aromatic heterocycles. The fourth-order valence-corrected chi connectivity index (χ4v) is 1.26. The Hall–Kier alpha value is -1.64. The van der Waals surface area contributed by atoms with Gasteiger partial charge in [-0.3, -0.25) is 9.59 Å². The van der Waals surface area contributed by atoms with E-state index in [-0.39, 0.29) is 11.3 Å². The molecule has 0 aromatic carbocycles. The summed E-state index contributed by atoms with van der Waals surface area (Å²) in [4.78, 5) is 24.7. The largest absolute Gasteiger partial charge is 0.322 e. The number of allylic oxidation sites excluding steroid dienone is 1. The molecule has 1 heterocycles. The Balaban J connectivity index is 2.70. The highest BCUT2D eigenvalue weighted by Gasteiger charge is 2.12. The fourth-order valence-electron chi connectivity index (χ4n) is 1.26. The number of pyridine rings is 1. The van der Waals surface area contributed by atoms with Crippen LogP contribution in [0.2, 0.25) is 0 Å². The second-order valence-corrected chi connectivity index (χ2v) is 2.68. The first kappa shape index (κ1) is 7.03. The van der Waals surface area contributed by atoms with Crippen LogP contribution in [0.5, 0.6) is 0 Å². The molecule has 0 radical (unpaired) electrons. The van der Waals surface area contributed by atoms with Gasteiger partial charge in [0.15, 0.2) is 5.78 Å². The molecule has 1 aliphatic carbocycles. The van der Waals surface area contributed by atoms with E-state index in [4.69, 9.17) is 0 Å². The average molecular weight is 161 g/mol. The van der Waals surface area contributed by atoms with E-state index in [0.29, 0.717) is 17.7 Å². The molecule has 3 heteroatoms. The number of carbonyl (C=O) groups is 1. The maximum absolute atomic E-state index is 11.2. The Morgan fingerprint density at radius 2 is 2.08 bits per heavy atom. The van der Waals surface area contributed by atoms with Gasteiger partial charge in [-0.05, 0) is 12.1 Å². The predicted molar refractivity (Wildman–Crippen MR) is 45.0 cm³/mol. The molecule has 0 spiro atoms. The number of aromatic amines is 1. The van der Waals surface area contributed by atoms with Crippen molar-refractivity contribution in [3.8, 4) is 0 Å². The first-order chi connectivity index (χ1) is 5.77. The molecule has 2 rings (SSSR count). The van der Waals surface area contributed by atoms with Gasteiger partial charge in [-0.15, -0.1) is 0 Å². The van der Waals surface area contributed by atoms with Crippen LogP contribution in [0.15, 0.2) is 23.0 Å². The van der Waals surface area contributed by atoms with Crippen molar-refractivity contribution in [2.45, 2.75) is 6.42 Å². The third-order valence-electron chi connectivity index (χ3n) is 1.84. The third-order valence-corrected chi connectivity index (χ3v) is 1.84. The third kappa shape index (κ3) is 0.993. The number of carbonyl (C=O) groups excluding carboxylic acids is 1. The van der Waals surface area contributed by atoms with E-state index < -0.39 is 0 Å². The van der Waals surface area contributed by atoms with Gasteiger partial charge in [0.05, 0.1) is 5.69 Å². The van der Waals surface area contributed by atoms with Crippen molar-refractivity contribution < 1.29 is 4.79 Å². The van der Waals surface area contributed by atoms with Crippen molar-refractivity contribution in [2.24, 2.45) is 0 Å². The Morgan fingerprint density at radius 3 is 2.92 bits per heavy atom. The average Bonchev–Trinajstić information content (AvgIpc) is 2.04.